The van der Waals surface area contributed by atoms with E-state index in [0.29, 0.717) is 24.4 Å². The van der Waals surface area contributed by atoms with Gasteiger partial charge in [-0.2, -0.15) is 4.90 Å². The lowest BCUT2D eigenvalue weighted by atomic mass is 10.1. The van der Waals surface area contributed by atoms with Crippen LogP contribution >= 0.6 is 0 Å². The van der Waals surface area contributed by atoms with E-state index in [-0.39, 0.29) is 48.7 Å². The Balaban J connectivity index is 1.88. The predicted molar refractivity (Wildman–Crippen MR) is 140 cm³/mol. The monoisotopic (exact) mass is 541 g/mol. The summed E-state index contributed by atoms with van der Waals surface area (Å²) in [6.45, 7) is 7.52. The molecular formula is C27H32FN5O6. The molecule has 3 aromatic rings. The van der Waals surface area contributed by atoms with Gasteiger partial charge >= 0.3 is 6.09 Å². The van der Waals surface area contributed by atoms with Gasteiger partial charge in [0.2, 0.25) is 0 Å². The number of benzene rings is 1. The van der Waals surface area contributed by atoms with Crippen LogP contribution in [0.5, 0.6) is 11.5 Å². The molecule has 0 N–H and O–H groups in total. The molecule has 39 heavy (non-hydrogen) atoms. The minimum Gasteiger partial charge on any atom is -0.493 e. The smallest absolute Gasteiger partial charge is 0.423 e. The van der Waals surface area contributed by atoms with E-state index in [1.54, 1.807) is 39.2 Å². The summed E-state index contributed by atoms with van der Waals surface area (Å²) >= 11 is 0. The number of hydrogen-bond donors (Lipinski definition) is 0. The van der Waals surface area contributed by atoms with Crippen LogP contribution in [0.1, 0.15) is 56.9 Å². The van der Waals surface area contributed by atoms with Crippen molar-refractivity contribution in [3.63, 3.8) is 0 Å². The molecule has 1 aliphatic rings. The van der Waals surface area contributed by atoms with E-state index in [1.807, 2.05) is 11.5 Å². The molecule has 0 spiro atoms. The second-order valence-corrected chi connectivity index (χ2v) is 10.0. The van der Waals surface area contributed by atoms with Crippen molar-refractivity contribution in [1.29, 1.82) is 0 Å². The summed E-state index contributed by atoms with van der Waals surface area (Å²) in [6, 6.07) is 7.16. The van der Waals surface area contributed by atoms with Crippen LogP contribution in [0.2, 0.25) is 0 Å². The largest absolute Gasteiger partial charge is 0.493 e. The van der Waals surface area contributed by atoms with Crippen LogP contribution in [-0.2, 0) is 9.47 Å². The number of nitrogens with zero attached hydrogens (tertiary/aromatic N) is 5. The lowest BCUT2D eigenvalue weighted by Gasteiger charge is -2.27. The maximum atomic E-state index is 15.0. The lowest BCUT2D eigenvalue weighted by Crippen LogP contribution is -2.41. The fourth-order valence-corrected chi connectivity index (χ4v) is 4.00. The molecule has 3 heterocycles. The van der Waals surface area contributed by atoms with Crippen LogP contribution < -0.4 is 14.4 Å². The Morgan fingerprint density at radius 2 is 2.03 bits per heavy atom. The summed E-state index contributed by atoms with van der Waals surface area (Å²) in [4.78, 5) is 32.9. The zero-order chi connectivity index (χ0) is 28.2. The average Bonchev–Trinajstić information content (AvgIpc) is 3.37. The number of ether oxygens (including phenoxy) is 4. The first-order chi connectivity index (χ1) is 18.6. The van der Waals surface area contributed by atoms with Gasteiger partial charge in [0.15, 0.2) is 17.4 Å². The van der Waals surface area contributed by atoms with Crippen LogP contribution in [0.15, 0.2) is 36.7 Å². The molecule has 0 radical (unpaired) electrons. The standard InChI is InChI=1S/C27H32FN5O6/c1-17-8-7-11-37-21-15-19(28)22(38-13-12-36-5)14-18(21)25(34)33(26(35)39-27(2,3)4)23-10-6-9-20(30-23)24-31-29-16-32(17)24/h6,9-10,14-17H,7-8,11-13H2,1-5H3/t17-/m0/s1. The third-order valence-corrected chi connectivity index (χ3v) is 5.85. The number of carbonyl (C=O) groups excluding carboxylic acids is 2. The molecule has 4 rings (SSSR count). The van der Waals surface area contributed by atoms with Crippen molar-refractivity contribution in [3.05, 3.63) is 48.0 Å². The van der Waals surface area contributed by atoms with Crippen molar-refractivity contribution in [2.45, 2.75) is 52.2 Å². The molecule has 2 aromatic heterocycles. The molecule has 0 saturated carbocycles. The van der Waals surface area contributed by atoms with Gasteiger partial charge in [0.05, 0.1) is 18.8 Å². The second kappa shape index (κ2) is 11.8. The molecule has 12 heteroatoms. The number of halogens is 1. The zero-order valence-electron chi connectivity index (χ0n) is 22.6. The molecule has 0 saturated heterocycles. The highest BCUT2D eigenvalue weighted by Crippen LogP contribution is 2.32. The number of carbonyl (C=O) groups is 2. The summed E-state index contributed by atoms with van der Waals surface area (Å²) in [5.41, 5.74) is -0.593. The SMILES string of the molecule is COCCOc1cc2c(cc1F)OCCC[C@H](C)n1cnnc1-c1cccc(n1)N(C(=O)OC(C)(C)C)C2=O. The molecule has 1 aromatic carbocycles. The van der Waals surface area contributed by atoms with Crippen molar-refractivity contribution < 1.29 is 32.9 Å². The molecule has 11 nitrogen and oxygen atoms in total. The lowest BCUT2D eigenvalue weighted by molar-refractivity contribution is 0.0562. The van der Waals surface area contributed by atoms with Gasteiger partial charge in [0.25, 0.3) is 5.91 Å². The molecule has 0 aliphatic carbocycles. The number of hydrogen-bond acceptors (Lipinski definition) is 9. The number of fused-ring (bicyclic) bond motifs is 5. The van der Waals surface area contributed by atoms with Gasteiger partial charge in [-0.05, 0) is 58.7 Å². The minimum absolute atomic E-state index is 0.0108. The molecule has 1 atom stereocenters. The Morgan fingerprint density at radius 3 is 2.77 bits per heavy atom. The average molecular weight is 542 g/mol. The van der Waals surface area contributed by atoms with E-state index in [4.69, 9.17) is 18.9 Å². The van der Waals surface area contributed by atoms with Gasteiger partial charge in [0.1, 0.15) is 35.8 Å². The van der Waals surface area contributed by atoms with Crippen molar-refractivity contribution in [2.75, 3.05) is 31.8 Å². The zero-order valence-corrected chi connectivity index (χ0v) is 22.6. The van der Waals surface area contributed by atoms with Crippen molar-refractivity contribution in [3.8, 4) is 23.0 Å². The van der Waals surface area contributed by atoms with Gasteiger partial charge in [-0.15, -0.1) is 10.2 Å². The normalized spacial score (nSPS) is 16.0. The Morgan fingerprint density at radius 1 is 1.23 bits per heavy atom. The van der Waals surface area contributed by atoms with Gasteiger partial charge in [-0.3, -0.25) is 4.79 Å². The number of amides is 2. The Hall–Kier alpha value is -4.06. The molecule has 0 unspecified atom stereocenters. The third-order valence-electron chi connectivity index (χ3n) is 5.85. The molecular weight excluding hydrogens is 509 g/mol. The third kappa shape index (κ3) is 6.51. The maximum Gasteiger partial charge on any atom is 0.423 e. The Kier molecular flexibility index (Phi) is 8.44. The van der Waals surface area contributed by atoms with Crippen molar-refractivity contribution in [2.24, 2.45) is 0 Å². The minimum atomic E-state index is -0.962. The molecule has 208 valence electrons. The fraction of sp³-hybridized carbons (Fsp3) is 0.444. The highest BCUT2D eigenvalue weighted by molar-refractivity contribution is 6.20. The molecule has 2 amide bonds. The van der Waals surface area contributed by atoms with E-state index >= 15 is 0 Å². The van der Waals surface area contributed by atoms with Gasteiger partial charge in [-0.25, -0.2) is 14.2 Å². The first-order valence-corrected chi connectivity index (χ1v) is 12.6. The second-order valence-electron chi connectivity index (χ2n) is 10.0. The van der Waals surface area contributed by atoms with Crippen LogP contribution in [0, 0.1) is 5.82 Å². The number of rotatable bonds is 4. The summed E-state index contributed by atoms with van der Waals surface area (Å²) in [7, 11) is 1.49. The van der Waals surface area contributed by atoms with Gasteiger partial charge in [-0.1, -0.05) is 6.07 Å². The van der Waals surface area contributed by atoms with Crippen LogP contribution in [0.25, 0.3) is 11.5 Å². The number of aromatic nitrogens is 4. The van der Waals surface area contributed by atoms with Crippen molar-refractivity contribution in [1.82, 2.24) is 19.7 Å². The number of anilines is 1. The van der Waals surface area contributed by atoms with Crippen LogP contribution in [0.4, 0.5) is 15.0 Å². The summed E-state index contributed by atoms with van der Waals surface area (Å²) in [5.74, 6) is -1.29. The Bertz CT molecular complexity index is 1340. The van der Waals surface area contributed by atoms with E-state index < -0.39 is 23.4 Å². The maximum absolute atomic E-state index is 15.0. The highest BCUT2D eigenvalue weighted by atomic mass is 19.1. The first kappa shape index (κ1) is 28.0. The summed E-state index contributed by atoms with van der Waals surface area (Å²) < 4.78 is 38.7. The van der Waals surface area contributed by atoms with Crippen LogP contribution in [0.3, 0.4) is 0 Å². The van der Waals surface area contributed by atoms with Gasteiger partial charge in [0, 0.05) is 19.2 Å². The van der Waals surface area contributed by atoms with Gasteiger partial charge < -0.3 is 23.5 Å². The molecule has 2 bridgehead atoms. The quantitative estimate of drug-likeness (QED) is 0.428. The Labute approximate surface area is 225 Å². The van der Waals surface area contributed by atoms with E-state index in [9.17, 15) is 14.0 Å². The predicted octanol–water partition coefficient (Wildman–Crippen LogP) is 4.82. The molecule has 0 fully saturated rings. The van der Waals surface area contributed by atoms with E-state index in [0.717, 1.165) is 11.0 Å². The van der Waals surface area contributed by atoms with E-state index in [2.05, 4.69) is 15.2 Å². The van der Waals surface area contributed by atoms with Crippen molar-refractivity contribution >= 4 is 17.8 Å². The van der Waals surface area contributed by atoms with Crippen LogP contribution in [-0.4, -0.2) is 64.3 Å². The topological polar surface area (TPSA) is 118 Å². The summed E-state index contributed by atoms with van der Waals surface area (Å²) in [5, 5.41) is 8.26. The first-order valence-electron chi connectivity index (χ1n) is 12.6. The number of pyridine rings is 1. The number of imide groups is 1. The summed E-state index contributed by atoms with van der Waals surface area (Å²) in [6.07, 6.45) is 1.92. The fourth-order valence-electron chi connectivity index (χ4n) is 4.00. The highest BCUT2D eigenvalue weighted by Gasteiger charge is 2.34. The molecule has 1 aliphatic heterocycles. The van der Waals surface area contributed by atoms with E-state index in [1.165, 1.54) is 19.2 Å². The number of methoxy groups -OCH3 is 1.